The van der Waals surface area contributed by atoms with Crippen molar-refractivity contribution in [3.63, 3.8) is 0 Å². The molecule has 1 unspecified atom stereocenters. The van der Waals surface area contributed by atoms with Crippen molar-refractivity contribution in [3.05, 3.63) is 28.4 Å². The van der Waals surface area contributed by atoms with E-state index in [1.54, 1.807) is 6.92 Å². The average molecular weight is 557 g/mol. The Hall–Kier alpha value is 0.840. The maximum atomic E-state index is 11.9. The van der Waals surface area contributed by atoms with Gasteiger partial charge in [0.2, 0.25) is 0 Å². The van der Waals surface area contributed by atoms with Gasteiger partial charge in [0.25, 0.3) is 5.91 Å². The molecule has 0 saturated heterocycles. The molecule has 0 radical (unpaired) electrons. The maximum absolute atomic E-state index is 11.9. The summed E-state index contributed by atoms with van der Waals surface area (Å²) in [6.45, 7) is 1.72. The molecule has 88 valence electrons. The number of carbonyl (C=O) groups excluding carboxylic acids is 1. The molecule has 1 aromatic carbocycles. The Kier molecular flexibility index (Phi) is 6.23. The quantitative estimate of drug-likeness (QED) is 0.444. The van der Waals surface area contributed by atoms with E-state index in [4.69, 9.17) is 5.11 Å². The molecular formula is C10H10I3NO2. The van der Waals surface area contributed by atoms with Crippen LogP contribution in [0.4, 0.5) is 0 Å². The lowest BCUT2D eigenvalue weighted by Crippen LogP contribution is -2.35. The lowest BCUT2D eigenvalue weighted by Gasteiger charge is -2.12. The number of hydrogen-bond donors (Lipinski definition) is 2. The molecular weight excluding hydrogens is 547 g/mol. The van der Waals surface area contributed by atoms with Gasteiger partial charge in [-0.3, -0.25) is 4.79 Å². The predicted molar refractivity (Wildman–Crippen MR) is 88.6 cm³/mol. The maximum Gasteiger partial charge on any atom is 0.252 e. The van der Waals surface area contributed by atoms with E-state index >= 15 is 0 Å². The van der Waals surface area contributed by atoms with Gasteiger partial charge in [0.1, 0.15) is 0 Å². The summed E-state index contributed by atoms with van der Waals surface area (Å²) in [5, 5.41) is 11.6. The van der Waals surface area contributed by atoms with Crippen LogP contribution in [0, 0.1) is 10.7 Å². The molecule has 0 bridgehead atoms. The van der Waals surface area contributed by atoms with Crippen molar-refractivity contribution in [1.82, 2.24) is 5.32 Å². The molecule has 6 heteroatoms. The van der Waals surface area contributed by atoms with E-state index < -0.39 is 0 Å². The number of hydrogen-bond acceptors (Lipinski definition) is 2. The van der Waals surface area contributed by atoms with Crippen LogP contribution < -0.4 is 5.32 Å². The molecule has 1 rings (SSSR count). The molecule has 0 saturated carbocycles. The molecule has 1 aromatic rings. The van der Waals surface area contributed by atoms with Crippen LogP contribution in [0.15, 0.2) is 12.1 Å². The summed E-state index contributed by atoms with van der Waals surface area (Å²) in [7, 11) is 0. The van der Waals surface area contributed by atoms with E-state index in [1.165, 1.54) is 0 Å². The van der Waals surface area contributed by atoms with E-state index in [2.05, 4.69) is 73.1 Å². The zero-order valence-corrected chi connectivity index (χ0v) is 14.9. The van der Waals surface area contributed by atoms with Gasteiger partial charge in [0.15, 0.2) is 0 Å². The van der Waals surface area contributed by atoms with Crippen LogP contribution in [-0.4, -0.2) is 23.7 Å². The summed E-state index contributed by atoms with van der Waals surface area (Å²) in [6.07, 6.45) is 0. The molecule has 0 spiro atoms. The first-order chi connectivity index (χ1) is 7.45. The highest BCUT2D eigenvalue weighted by Gasteiger charge is 2.15. The highest BCUT2D eigenvalue weighted by atomic mass is 127. The monoisotopic (exact) mass is 557 g/mol. The van der Waals surface area contributed by atoms with Crippen molar-refractivity contribution in [2.75, 3.05) is 6.61 Å². The van der Waals surface area contributed by atoms with Crippen molar-refractivity contribution in [3.8, 4) is 0 Å². The van der Waals surface area contributed by atoms with Gasteiger partial charge in [-0.1, -0.05) is 0 Å². The second kappa shape index (κ2) is 6.69. The minimum absolute atomic E-state index is 0.0522. The summed E-state index contributed by atoms with van der Waals surface area (Å²) in [5.74, 6) is -0.137. The first-order valence-electron chi connectivity index (χ1n) is 4.52. The number of halogens is 3. The minimum Gasteiger partial charge on any atom is -0.394 e. The lowest BCUT2D eigenvalue weighted by atomic mass is 10.2. The third-order valence-electron chi connectivity index (χ3n) is 1.89. The van der Waals surface area contributed by atoms with E-state index in [1.807, 2.05) is 12.1 Å². The van der Waals surface area contributed by atoms with Crippen molar-refractivity contribution >= 4 is 73.7 Å². The molecule has 1 amide bonds. The fourth-order valence-electron chi connectivity index (χ4n) is 1.07. The van der Waals surface area contributed by atoms with Gasteiger partial charge < -0.3 is 10.4 Å². The van der Waals surface area contributed by atoms with Crippen LogP contribution in [0.5, 0.6) is 0 Å². The molecule has 2 N–H and O–H groups in total. The molecule has 0 aliphatic carbocycles. The minimum atomic E-state index is -0.223. The second-order valence-corrected chi connectivity index (χ2v) is 6.79. The molecule has 1 atom stereocenters. The smallest absolute Gasteiger partial charge is 0.252 e. The van der Waals surface area contributed by atoms with Crippen molar-refractivity contribution in [1.29, 1.82) is 0 Å². The number of amides is 1. The number of aliphatic hydroxyl groups excluding tert-OH is 1. The van der Waals surface area contributed by atoms with Crippen LogP contribution in [0.3, 0.4) is 0 Å². The molecule has 16 heavy (non-hydrogen) atoms. The van der Waals surface area contributed by atoms with Crippen molar-refractivity contribution < 1.29 is 9.90 Å². The first-order valence-corrected chi connectivity index (χ1v) is 7.75. The molecule has 0 aromatic heterocycles. The van der Waals surface area contributed by atoms with Crippen molar-refractivity contribution in [2.24, 2.45) is 0 Å². The highest BCUT2D eigenvalue weighted by molar-refractivity contribution is 14.1. The van der Waals surface area contributed by atoms with E-state index in [0.29, 0.717) is 5.56 Å². The SMILES string of the molecule is CC(CO)NC(=O)c1cc(I)cc(I)c1I. The van der Waals surface area contributed by atoms with Crippen LogP contribution in [0.1, 0.15) is 17.3 Å². The summed E-state index contributed by atoms with van der Waals surface area (Å²) in [5.41, 5.74) is 0.664. The Balaban J connectivity index is 2.99. The van der Waals surface area contributed by atoms with Crippen LogP contribution >= 0.6 is 67.8 Å². The summed E-state index contributed by atoms with van der Waals surface area (Å²) in [6, 6.07) is 3.65. The van der Waals surface area contributed by atoms with Crippen LogP contribution in [-0.2, 0) is 0 Å². The Morgan fingerprint density at radius 3 is 2.62 bits per heavy atom. The standard InChI is InChI=1S/C10H10I3NO2/c1-5(4-15)14-10(16)7-2-6(11)3-8(12)9(7)13/h2-3,5,15H,4H2,1H3,(H,14,16). The Labute approximate surface area is 135 Å². The van der Waals surface area contributed by atoms with Gasteiger partial charge in [-0.2, -0.15) is 0 Å². The summed E-state index contributed by atoms with van der Waals surface area (Å²) in [4.78, 5) is 11.9. The van der Waals surface area contributed by atoms with Crippen LogP contribution in [0.25, 0.3) is 0 Å². The van der Waals surface area contributed by atoms with Gasteiger partial charge in [-0.15, -0.1) is 0 Å². The summed E-state index contributed by atoms with van der Waals surface area (Å²) < 4.78 is 3.04. The summed E-state index contributed by atoms with van der Waals surface area (Å²) >= 11 is 6.56. The lowest BCUT2D eigenvalue weighted by molar-refractivity contribution is 0.0921. The zero-order valence-electron chi connectivity index (χ0n) is 8.43. The normalized spacial score (nSPS) is 12.3. The van der Waals surface area contributed by atoms with E-state index in [9.17, 15) is 4.79 Å². The number of rotatable bonds is 3. The molecule has 0 aliphatic rings. The largest absolute Gasteiger partial charge is 0.394 e. The predicted octanol–water partition coefficient (Wildman–Crippen LogP) is 2.61. The third-order valence-corrected chi connectivity index (χ3v) is 5.56. The fraction of sp³-hybridized carbons (Fsp3) is 0.300. The fourth-order valence-corrected chi connectivity index (χ4v) is 3.47. The number of nitrogens with one attached hydrogen (secondary N) is 1. The first kappa shape index (κ1) is 14.9. The number of carbonyl (C=O) groups is 1. The van der Waals surface area contributed by atoms with E-state index in [-0.39, 0.29) is 18.6 Å². The van der Waals surface area contributed by atoms with Gasteiger partial charge in [-0.25, -0.2) is 0 Å². The topological polar surface area (TPSA) is 49.3 Å². The highest BCUT2D eigenvalue weighted by Crippen LogP contribution is 2.22. The molecule has 0 heterocycles. The van der Waals surface area contributed by atoms with Crippen LogP contribution in [0.2, 0.25) is 0 Å². The number of benzene rings is 1. The van der Waals surface area contributed by atoms with Gasteiger partial charge in [-0.05, 0) is 86.8 Å². The Morgan fingerprint density at radius 1 is 1.44 bits per heavy atom. The van der Waals surface area contributed by atoms with Gasteiger partial charge in [0, 0.05) is 16.8 Å². The number of aliphatic hydroxyl groups is 1. The Morgan fingerprint density at radius 2 is 2.06 bits per heavy atom. The van der Waals surface area contributed by atoms with Gasteiger partial charge >= 0.3 is 0 Å². The average Bonchev–Trinajstić information content (AvgIpc) is 2.22. The molecule has 0 aliphatic heterocycles. The van der Waals surface area contributed by atoms with Crippen molar-refractivity contribution in [2.45, 2.75) is 13.0 Å². The molecule has 3 nitrogen and oxygen atoms in total. The second-order valence-electron chi connectivity index (χ2n) is 3.31. The molecule has 0 fully saturated rings. The van der Waals surface area contributed by atoms with E-state index in [0.717, 1.165) is 10.7 Å². The zero-order chi connectivity index (χ0) is 12.3. The third kappa shape index (κ3) is 3.95. The Bertz CT molecular complexity index is 409. The van der Waals surface area contributed by atoms with Gasteiger partial charge in [0.05, 0.1) is 12.2 Å².